The van der Waals surface area contributed by atoms with Crippen molar-refractivity contribution in [2.24, 2.45) is 5.41 Å². The number of aromatic nitrogens is 2. The van der Waals surface area contributed by atoms with Crippen molar-refractivity contribution in [3.8, 4) is 0 Å². The molecule has 6 heteroatoms. The van der Waals surface area contributed by atoms with Gasteiger partial charge in [-0.05, 0) is 31.6 Å². The summed E-state index contributed by atoms with van der Waals surface area (Å²) in [5.74, 6) is 0. The highest BCUT2D eigenvalue weighted by Gasteiger charge is 2.38. The van der Waals surface area contributed by atoms with Crippen molar-refractivity contribution in [2.75, 3.05) is 13.3 Å². The Hall–Kier alpha value is 0.220. The molecule has 1 aromatic heterocycles. The lowest BCUT2D eigenvalue weighted by atomic mass is 9.73. The molecule has 1 heterocycles. The van der Waals surface area contributed by atoms with Crippen LogP contribution in [0.2, 0.25) is 0 Å². The van der Waals surface area contributed by atoms with Crippen molar-refractivity contribution in [1.82, 2.24) is 15.5 Å². The molecule has 1 fully saturated rings. The lowest BCUT2D eigenvalue weighted by molar-refractivity contribution is 0.182. The summed E-state index contributed by atoms with van der Waals surface area (Å²) in [6, 6.07) is 0.554. The van der Waals surface area contributed by atoms with Gasteiger partial charge in [-0.3, -0.25) is 0 Å². The summed E-state index contributed by atoms with van der Waals surface area (Å²) >= 11 is 5.29. The summed E-state index contributed by atoms with van der Waals surface area (Å²) < 4.78 is 2.18. The molecule has 3 nitrogen and oxygen atoms in total. The molecule has 0 aromatic carbocycles. The normalized spacial score (nSPS) is 27.3. The van der Waals surface area contributed by atoms with Crippen LogP contribution in [0.5, 0.6) is 0 Å². The average molecular weight is 304 g/mol. The molecule has 0 bridgehead atoms. The summed E-state index contributed by atoms with van der Waals surface area (Å²) in [7, 11) is 2.08. The highest BCUT2D eigenvalue weighted by molar-refractivity contribution is 8.03. The lowest BCUT2D eigenvalue weighted by Gasteiger charge is -2.43. The van der Waals surface area contributed by atoms with E-state index in [2.05, 4.69) is 42.7 Å². The Bertz CT molecular complexity index is 392. The number of nitrogens with zero attached hydrogens (tertiary/aromatic N) is 2. The summed E-state index contributed by atoms with van der Waals surface area (Å²) in [5, 5.41) is 12.6. The van der Waals surface area contributed by atoms with Gasteiger partial charge in [-0.2, -0.15) is 0 Å². The van der Waals surface area contributed by atoms with Crippen molar-refractivity contribution in [3.05, 3.63) is 0 Å². The molecule has 102 valence electrons. The quantitative estimate of drug-likeness (QED) is 0.862. The molecule has 1 N–H and O–H groups in total. The molecule has 2 unspecified atom stereocenters. The van der Waals surface area contributed by atoms with Crippen LogP contribution >= 0.6 is 34.9 Å². The van der Waals surface area contributed by atoms with Gasteiger partial charge in [-0.15, -0.1) is 10.2 Å². The molecule has 0 radical (unpaired) electrons. The Kier molecular flexibility index (Phi) is 4.97. The molecule has 1 aliphatic carbocycles. The van der Waals surface area contributed by atoms with E-state index in [0.717, 1.165) is 8.68 Å². The number of nitrogens with one attached hydrogen (secondary N) is 1. The molecular formula is C12H21N3S3. The van der Waals surface area contributed by atoms with Gasteiger partial charge in [0.2, 0.25) is 0 Å². The SMILES string of the molecule is CNC1C(Sc2nnc(SC)s2)CCCC1(C)C. The van der Waals surface area contributed by atoms with Crippen LogP contribution in [0.1, 0.15) is 33.1 Å². The Morgan fingerprint density at radius 2 is 2.06 bits per heavy atom. The van der Waals surface area contributed by atoms with E-state index in [1.165, 1.54) is 19.3 Å². The minimum atomic E-state index is 0.373. The fourth-order valence-electron chi connectivity index (χ4n) is 2.74. The third-order valence-electron chi connectivity index (χ3n) is 3.65. The summed E-state index contributed by atoms with van der Waals surface area (Å²) in [6.45, 7) is 4.74. The summed E-state index contributed by atoms with van der Waals surface area (Å²) in [5.41, 5.74) is 0.373. The second kappa shape index (κ2) is 6.11. The monoisotopic (exact) mass is 303 g/mol. The van der Waals surface area contributed by atoms with Crippen molar-refractivity contribution in [2.45, 2.75) is 53.1 Å². The number of thioether (sulfide) groups is 2. The van der Waals surface area contributed by atoms with Crippen molar-refractivity contribution in [3.63, 3.8) is 0 Å². The topological polar surface area (TPSA) is 37.8 Å². The van der Waals surface area contributed by atoms with E-state index >= 15 is 0 Å². The fraction of sp³-hybridized carbons (Fsp3) is 0.833. The van der Waals surface area contributed by atoms with E-state index in [0.29, 0.717) is 16.7 Å². The van der Waals surface area contributed by atoms with Crippen LogP contribution in [0, 0.1) is 5.41 Å². The smallest absolute Gasteiger partial charge is 0.175 e. The van der Waals surface area contributed by atoms with E-state index in [9.17, 15) is 0 Å². The second-order valence-electron chi connectivity index (χ2n) is 5.34. The Morgan fingerprint density at radius 3 is 2.67 bits per heavy atom. The average Bonchev–Trinajstić information content (AvgIpc) is 2.76. The molecule has 2 rings (SSSR count). The van der Waals surface area contributed by atoms with Gasteiger partial charge in [0, 0.05) is 11.3 Å². The first-order valence-corrected chi connectivity index (χ1v) is 9.20. The third kappa shape index (κ3) is 3.21. The number of rotatable bonds is 4. The molecule has 0 aliphatic heterocycles. The highest BCUT2D eigenvalue weighted by atomic mass is 32.2. The summed E-state index contributed by atoms with van der Waals surface area (Å²) in [4.78, 5) is 0. The molecule has 0 amide bonds. The largest absolute Gasteiger partial charge is 0.315 e. The van der Waals surface area contributed by atoms with Crippen LogP contribution in [-0.4, -0.2) is 34.8 Å². The van der Waals surface area contributed by atoms with Gasteiger partial charge in [-0.1, -0.05) is 55.1 Å². The van der Waals surface area contributed by atoms with Gasteiger partial charge < -0.3 is 5.32 Å². The highest BCUT2D eigenvalue weighted by Crippen LogP contribution is 2.43. The van der Waals surface area contributed by atoms with E-state index < -0.39 is 0 Å². The molecule has 1 aliphatic rings. The van der Waals surface area contributed by atoms with Crippen molar-refractivity contribution >= 4 is 34.9 Å². The third-order valence-corrected chi connectivity index (χ3v) is 6.98. The predicted octanol–water partition coefficient (Wildman–Crippen LogP) is 3.52. The Balaban J connectivity index is 2.07. The molecular weight excluding hydrogens is 282 g/mol. The molecule has 0 spiro atoms. The van der Waals surface area contributed by atoms with E-state index in [-0.39, 0.29) is 0 Å². The Morgan fingerprint density at radius 1 is 1.33 bits per heavy atom. The zero-order valence-electron chi connectivity index (χ0n) is 11.4. The maximum atomic E-state index is 4.28. The van der Waals surface area contributed by atoms with Crippen LogP contribution in [0.4, 0.5) is 0 Å². The molecule has 1 aromatic rings. The van der Waals surface area contributed by atoms with Crippen LogP contribution < -0.4 is 5.32 Å². The van der Waals surface area contributed by atoms with Crippen LogP contribution in [0.25, 0.3) is 0 Å². The van der Waals surface area contributed by atoms with Gasteiger partial charge in [0.05, 0.1) is 0 Å². The first-order valence-electron chi connectivity index (χ1n) is 6.28. The van der Waals surface area contributed by atoms with Crippen LogP contribution in [-0.2, 0) is 0 Å². The zero-order valence-corrected chi connectivity index (χ0v) is 13.8. The minimum Gasteiger partial charge on any atom is -0.315 e. The lowest BCUT2D eigenvalue weighted by Crippen LogP contribution is -2.49. The first-order chi connectivity index (χ1) is 8.56. The van der Waals surface area contributed by atoms with Gasteiger partial charge in [0.15, 0.2) is 8.68 Å². The molecule has 0 saturated heterocycles. The van der Waals surface area contributed by atoms with Gasteiger partial charge in [-0.25, -0.2) is 0 Å². The number of hydrogen-bond donors (Lipinski definition) is 1. The molecule has 18 heavy (non-hydrogen) atoms. The minimum absolute atomic E-state index is 0.373. The van der Waals surface area contributed by atoms with E-state index in [1.807, 2.05) is 11.8 Å². The van der Waals surface area contributed by atoms with E-state index in [1.54, 1.807) is 23.1 Å². The zero-order chi connectivity index (χ0) is 13.2. The van der Waals surface area contributed by atoms with Crippen LogP contribution in [0.3, 0.4) is 0 Å². The van der Waals surface area contributed by atoms with Gasteiger partial charge in [0.1, 0.15) is 0 Å². The second-order valence-corrected chi connectivity index (χ2v) is 8.86. The predicted molar refractivity (Wildman–Crippen MR) is 81.8 cm³/mol. The van der Waals surface area contributed by atoms with Crippen molar-refractivity contribution in [1.29, 1.82) is 0 Å². The number of hydrogen-bond acceptors (Lipinski definition) is 6. The first kappa shape index (κ1) is 14.6. The van der Waals surface area contributed by atoms with Crippen molar-refractivity contribution < 1.29 is 0 Å². The maximum Gasteiger partial charge on any atom is 0.175 e. The standard InChI is InChI=1S/C12H21N3S3/c1-12(2)7-5-6-8(9(12)13-3)17-11-15-14-10(16-4)18-11/h8-9,13H,5-7H2,1-4H3. The van der Waals surface area contributed by atoms with Gasteiger partial charge >= 0.3 is 0 Å². The maximum absolute atomic E-state index is 4.28. The van der Waals surface area contributed by atoms with Crippen LogP contribution in [0.15, 0.2) is 8.68 Å². The Labute approximate surface area is 122 Å². The molecule has 1 saturated carbocycles. The molecule has 2 atom stereocenters. The summed E-state index contributed by atoms with van der Waals surface area (Å²) in [6.07, 6.45) is 5.95. The fourth-order valence-corrected chi connectivity index (χ4v) is 5.98. The van der Waals surface area contributed by atoms with E-state index in [4.69, 9.17) is 0 Å². The van der Waals surface area contributed by atoms with Gasteiger partial charge in [0.25, 0.3) is 0 Å².